The molecular weight excluding hydrogens is 222 g/mol. The van der Waals surface area contributed by atoms with Crippen molar-refractivity contribution in [3.63, 3.8) is 0 Å². The van der Waals surface area contributed by atoms with Crippen LogP contribution in [0.25, 0.3) is 0 Å². The van der Waals surface area contributed by atoms with Gasteiger partial charge in [-0.25, -0.2) is 0 Å². The van der Waals surface area contributed by atoms with Gasteiger partial charge in [-0.15, -0.1) is 0 Å². The Labute approximate surface area is 111 Å². The summed E-state index contributed by atoms with van der Waals surface area (Å²) in [5.41, 5.74) is 2.76. The largest absolute Gasteiger partial charge is 0.488 e. The standard InChI is InChI=1S/C16H25NO/c1-4-7-15-16(17-10-5-2)13-11-12(6-3)8-9-14(13)18-15/h8-9,11,15-17H,4-7,10H2,1-3H3. The molecule has 1 N–H and O–H groups in total. The van der Waals surface area contributed by atoms with Crippen molar-refractivity contribution in [2.45, 2.75) is 58.6 Å². The summed E-state index contributed by atoms with van der Waals surface area (Å²) in [7, 11) is 0. The van der Waals surface area contributed by atoms with E-state index in [1.807, 2.05) is 0 Å². The molecule has 0 fully saturated rings. The molecule has 0 bridgehead atoms. The normalized spacial score (nSPS) is 21.7. The highest BCUT2D eigenvalue weighted by atomic mass is 16.5. The van der Waals surface area contributed by atoms with Gasteiger partial charge < -0.3 is 10.1 Å². The van der Waals surface area contributed by atoms with E-state index >= 15 is 0 Å². The van der Waals surface area contributed by atoms with Crippen LogP contribution in [0.5, 0.6) is 5.75 Å². The van der Waals surface area contributed by atoms with Crippen molar-refractivity contribution in [1.29, 1.82) is 0 Å². The summed E-state index contributed by atoms with van der Waals surface area (Å²) in [4.78, 5) is 0. The van der Waals surface area contributed by atoms with E-state index in [0.717, 1.165) is 31.6 Å². The maximum Gasteiger partial charge on any atom is 0.124 e. The minimum Gasteiger partial charge on any atom is -0.488 e. The first-order valence-electron chi connectivity index (χ1n) is 7.33. The molecule has 18 heavy (non-hydrogen) atoms. The lowest BCUT2D eigenvalue weighted by Gasteiger charge is -2.19. The van der Waals surface area contributed by atoms with Crippen molar-refractivity contribution in [2.75, 3.05) is 6.54 Å². The Bertz CT molecular complexity index is 389. The van der Waals surface area contributed by atoms with E-state index in [9.17, 15) is 0 Å². The van der Waals surface area contributed by atoms with E-state index in [-0.39, 0.29) is 0 Å². The first-order valence-corrected chi connectivity index (χ1v) is 7.33. The number of aryl methyl sites for hydroxylation is 1. The fourth-order valence-electron chi connectivity index (χ4n) is 2.65. The van der Waals surface area contributed by atoms with Crippen molar-refractivity contribution in [3.8, 4) is 5.75 Å². The minimum absolute atomic E-state index is 0.309. The Hall–Kier alpha value is -1.02. The second-order valence-corrected chi connectivity index (χ2v) is 5.10. The van der Waals surface area contributed by atoms with E-state index in [0.29, 0.717) is 12.1 Å². The predicted molar refractivity (Wildman–Crippen MR) is 76.2 cm³/mol. The molecule has 0 aromatic heterocycles. The molecule has 0 amide bonds. The lowest BCUT2D eigenvalue weighted by atomic mass is 9.98. The summed E-state index contributed by atoms with van der Waals surface area (Å²) in [6, 6.07) is 7.03. The zero-order chi connectivity index (χ0) is 13.0. The lowest BCUT2D eigenvalue weighted by molar-refractivity contribution is 0.178. The molecule has 1 aromatic carbocycles. The summed E-state index contributed by atoms with van der Waals surface area (Å²) in [6.45, 7) is 7.70. The maximum atomic E-state index is 6.09. The molecule has 1 aromatic rings. The summed E-state index contributed by atoms with van der Waals surface area (Å²) >= 11 is 0. The van der Waals surface area contributed by atoms with Crippen LogP contribution in [-0.4, -0.2) is 12.6 Å². The molecule has 0 saturated heterocycles. The average molecular weight is 247 g/mol. The van der Waals surface area contributed by atoms with E-state index in [1.54, 1.807) is 0 Å². The summed E-state index contributed by atoms with van der Waals surface area (Å²) in [5, 5.41) is 3.65. The summed E-state index contributed by atoms with van der Waals surface area (Å²) in [6.07, 6.45) is 4.86. The van der Waals surface area contributed by atoms with Crippen LogP contribution in [0, 0.1) is 0 Å². The van der Waals surface area contributed by atoms with Crippen LogP contribution in [0.15, 0.2) is 18.2 Å². The molecule has 1 heterocycles. The highest BCUT2D eigenvalue weighted by Gasteiger charge is 2.33. The highest BCUT2D eigenvalue weighted by Crippen LogP contribution is 2.38. The molecule has 2 atom stereocenters. The third kappa shape index (κ3) is 2.69. The van der Waals surface area contributed by atoms with Gasteiger partial charge in [0.05, 0.1) is 6.04 Å². The van der Waals surface area contributed by atoms with Gasteiger partial charge in [0, 0.05) is 5.56 Å². The Kier molecular flexibility index (Phi) is 4.65. The van der Waals surface area contributed by atoms with Crippen LogP contribution in [0.3, 0.4) is 0 Å². The Morgan fingerprint density at radius 1 is 1.17 bits per heavy atom. The van der Waals surface area contributed by atoms with E-state index in [1.165, 1.54) is 17.5 Å². The average Bonchev–Trinajstić information content (AvgIpc) is 2.73. The van der Waals surface area contributed by atoms with Crippen molar-refractivity contribution >= 4 is 0 Å². The topological polar surface area (TPSA) is 21.3 Å². The van der Waals surface area contributed by atoms with Gasteiger partial charge in [-0.2, -0.15) is 0 Å². The number of benzene rings is 1. The highest BCUT2D eigenvalue weighted by molar-refractivity contribution is 5.43. The van der Waals surface area contributed by atoms with Crippen LogP contribution in [0.2, 0.25) is 0 Å². The van der Waals surface area contributed by atoms with Crippen LogP contribution in [0.1, 0.15) is 57.2 Å². The molecule has 2 nitrogen and oxygen atoms in total. The third-order valence-corrected chi connectivity index (χ3v) is 3.66. The number of ether oxygens (including phenoxy) is 1. The number of rotatable bonds is 6. The van der Waals surface area contributed by atoms with Gasteiger partial charge in [-0.3, -0.25) is 0 Å². The van der Waals surface area contributed by atoms with Crippen molar-refractivity contribution < 1.29 is 4.74 Å². The number of hydrogen-bond donors (Lipinski definition) is 1. The molecular formula is C16H25NO. The van der Waals surface area contributed by atoms with Gasteiger partial charge in [0.25, 0.3) is 0 Å². The second-order valence-electron chi connectivity index (χ2n) is 5.10. The molecule has 100 valence electrons. The molecule has 2 unspecified atom stereocenters. The van der Waals surface area contributed by atoms with Gasteiger partial charge in [0.1, 0.15) is 11.9 Å². The van der Waals surface area contributed by atoms with Crippen LogP contribution >= 0.6 is 0 Å². The summed E-state index contributed by atoms with van der Waals surface area (Å²) in [5.74, 6) is 1.08. The van der Waals surface area contributed by atoms with E-state index < -0.39 is 0 Å². The molecule has 2 heteroatoms. The fraction of sp³-hybridized carbons (Fsp3) is 0.625. The third-order valence-electron chi connectivity index (χ3n) is 3.66. The number of hydrogen-bond acceptors (Lipinski definition) is 2. The molecule has 1 aliphatic rings. The molecule has 0 spiro atoms. The number of fused-ring (bicyclic) bond motifs is 1. The van der Waals surface area contributed by atoms with Gasteiger partial charge in [0.2, 0.25) is 0 Å². The second kappa shape index (κ2) is 6.24. The van der Waals surface area contributed by atoms with Crippen molar-refractivity contribution in [2.24, 2.45) is 0 Å². The van der Waals surface area contributed by atoms with Gasteiger partial charge in [0.15, 0.2) is 0 Å². The predicted octanol–water partition coefficient (Wildman–Crippen LogP) is 3.85. The van der Waals surface area contributed by atoms with Crippen LogP contribution in [-0.2, 0) is 6.42 Å². The fourth-order valence-corrected chi connectivity index (χ4v) is 2.65. The molecule has 0 aliphatic carbocycles. The molecule has 2 rings (SSSR count). The SMILES string of the molecule is CCCNC1c2cc(CC)ccc2OC1CCC. The van der Waals surface area contributed by atoms with E-state index in [4.69, 9.17) is 4.74 Å². The van der Waals surface area contributed by atoms with Gasteiger partial charge >= 0.3 is 0 Å². The summed E-state index contributed by atoms with van der Waals surface area (Å²) < 4.78 is 6.09. The maximum absolute atomic E-state index is 6.09. The van der Waals surface area contributed by atoms with Gasteiger partial charge in [-0.05, 0) is 37.4 Å². The van der Waals surface area contributed by atoms with Crippen LogP contribution in [0.4, 0.5) is 0 Å². The first-order chi connectivity index (χ1) is 8.80. The minimum atomic E-state index is 0.309. The Balaban J connectivity index is 2.22. The quantitative estimate of drug-likeness (QED) is 0.824. The van der Waals surface area contributed by atoms with Crippen molar-refractivity contribution in [3.05, 3.63) is 29.3 Å². The Morgan fingerprint density at radius 2 is 2.00 bits per heavy atom. The zero-order valence-corrected chi connectivity index (χ0v) is 11.8. The smallest absolute Gasteiger partial charge is 0.124 e. The molecule has 0 radical (unpaired) electrons. The molecule has 1 aliphatic heterocycles. The van der Waals surface area contributed by atoms with E-state index in [2.05, 4.69) is 44.3 Å². The van der Waals surface area contributed by atoms with Gasteiger partial charge in [-0.1, -0.05) is 39.3 Å². The zero-order valence-electron chi connectivity index (χ0n) is 11.8. The molecule has 0 saturated carbocycles. The van der Waals surface area contributed by atoms with Crippen molar-refractivity contribution in [1.82, 2.24) is 5.32 Å². The monoisotopic (exact) mass is 247 g/mol. The van der Waals surface area contributed by atoms with Crippen LogP contribution < -0.4 is 10.1 Å². The first kappa shape index (κ1) is 13.4. The Morgan fingerprint density at radius 3 is 2.67 bits per heavy atom. The lowest BCUT2D eigenvalue weighted by Crippen LogP contribution is -2.31. The number of nitrogens with one attached hydrogen (secondary N) is 1.